The number of aliphatic imine (C=N–C) groups is 1. The number of hydrogen-bond acceptors (Lipinski definition) is 4. The van der Waals surface area contributed by atoms with Gasteiger partial charge in [0.25, 0.3) is 0 Å². The molecule has 2 aromatic carbocycles. The molecule has 0 aliphatic carbocycles. The standard InChI is InChI=1S/C25H27FN6O/c1-18-23(12-13-28-2)29-24(32(18)22-10-6-20(26)7-11-22)19-4-8-21(9-5-19)30-14-3-15-31(17-16-30)25(27)33/h4-13H,2-3,14-17H2,1H3,(H2,27,33)/b13-12-. The second-order valence-corrected chi connectivity index (χ2v) is 7.93. The van der Waals surface area contributed by atoms with Gasteiger partial charge < -0.3 is 15.5 Å². The molecule has 0 radical (unpaired) electrons. The van der Waals surface area contributed by atoms with Crippen LogP contribution in [0.2, 0.25) is 0 Å². The number of primary amides is 1. The first kappa shape index (κ1) is 22.3. The van der Waals surface area contributed by atoms with E-state index >= 15 is 0 Å². The molecular weight excluding hydrogens is 419 g/mol. The summed E-state index contributed by atoms with van der Waals surface area (Å²) in [6.07, 6.45) is 4.28. The maximum atomic E-state index is 13.5. The van der Waals surface area contributed by atoms with Crippen molar-refractivity contribution in [2.45, 2.75) is 13.3 Å². The normalized spacial score (nSPS) is 14.5. The van der Waals surface area contributed by atoms with Gasteiger partial charge in [0.2, 0.25) is 0 Å². The number of rotatable bonds is 5. The zero-order valence-corrected chi connectivity index (χ0v) is 18.6. The first-order valence-corrected chi connectivity index (χ1v) is 10.9. The molecule has 0 unspecified atom stereocenters. The van der Waals surface area contributed by atoms with Gasteiger partial charge in [-0.3, -0.25) is 9.56 Å². The number of halogens is 1. The minimum atomic E-state index is -0.369. The molecule has 2 N–H and O–H groups in total. The van der Waals surface area contributed by atoms with Gasteiger partial charge in [-0.05, 0) is 74.7 Å². The van der Waals surface area contributed by atoms with Gasteiger partial charge in [0, 0.05) is 55.0 Å². The summed E-state index contributed by atoms with van der Waals surface area (Å²) < 4.78 is 15.5. The number of benzene rings is 2. The molecule has 1 aliphatic heterocycles. The Labute approximate surface area is 192 Å². The molecule has 0 saturated carbocycles. The first-order chi connectivity index (χ1) is 16.0. The molecule has 2 amide bonds. The molecule has 170 valence electrons. The van der Waals surface area contributed by atoms with E-state index in [2.05, 4.69) is 28.7 Å². The van der Waals surface area contributed by atoms with E-state index in [4.69, 9.17) is 10.7 Å². The van der Waals surface area contributed by atoms with Gasteiger partial charge in [0.05, 0.1) is 5.69 Å². The van der Waals surface area contributed by atoms with Crippen molar-refractivity contribution in [2.75, 3.05) is 31.1 Å². The lowest BCUT2D eigenvalue weighted by molar-refractivity contribution is 0.211. The number of nitrogens with zero attached hydrogens (tertiary/aromatic N) is 5. The zero-order valence-electron chi connectivity index (χ0n) is 18.6. The summed E-state index contributed by atoms with van der Waals surface area (Å²) >= 11 is 0. The van der Waals surface area contributed by atoms with Crippen molar-refractivity contribution < 1.29 is 9.18 Å². The zero-order chi connectivity index (χ0) is 23.4. The van der Waals surface area contributed by atoms with Crippen LogP contribution < -0.4 is 10.6 Å². The predicted molar refractivity (Wildman–Crippen MR) is 130 cm³/mol. The Kier molecular flexibility index (Phi) is 6.53. The van der Waals surface area contributed by atoms with E-state index in [1.165, 1.54) is 12.1 Å². The Hall–Kier alpha value is -3.94. The van der Waals surface area contributed by atoms with Crippen LogP contribution in [0.5, 0.6) is 0 Å². The van der Waals surface area contributed by atoms with Crippen LogP contribution in [0.25, 0.3) is 23.2 Å². The molecular formula is C25H27FN6O. The lowest BCUT2D eigenvalue weighted by Gasteiger charge is -2.23. The Balaban J connectivity index is 1.67. The van der Waals surface area contributed by atoms with Crippen LogP contribution >= 0.6 is 0 Å². The summed E-state index contributed by atoms with van der Waals surface area (Å²) in [5.74, 6) is 0.468. The van der Waals surface area contributed by atoms with Crippen molar-refractivity contribution in [3.63, 3.8) is 0 Å². The van der Waals surface area contributed by atoms with E-state index in [0.717, 1.165) is 53.7 Å². The highest BCUT2D eigenvalue weighted by Gasteiger charge is 2.19. The van der Waals surface area contributed by atoms with Gasteiger partial charge in [-0.15, -0.1) is 0 Å². The summed E-state index contributed by atoms with van der Waals surface area (Å²) in [6, 6.07) is 14.2. The molecule has 4 rings (SSSR count). The van der Waals surface area contributed by atoms with E-state index in [9.17, 15) is 9.18 Å². The number of imidazole rings is 1. The fourth-order valence-corrected chi connectivity index (χ4v) is 4.12. The Morgan fingerprint density at radius 1 is 1.06 bits per heavy atom. The summed E-state index contributed by atoms with van der Waals surface area (Å²) in [7, 11) is 0. The van der Waals surface area contributed by atoms with E-state index in [1.54, 1.807) is 23.2 Å². The predicted octanol–water partition coefficient (Wildman–Crippen LogP) is 4.25. The van der Waals surface area contributed by atoms with Gasteiger partial charge in [-0.2, -0.15) is 0 Å². The van der Waals surface area contributed by atoms with Crippen LogP contribution in [0.3, 0.4) is 0 Å². The maximum absolute atomic E-state index is 13.5. The van der Waals surface area contributed by atoms with Crippen LogP contribution in [0.15, 0.2) is 59.7 Å². The van der Waals surface area contributed by atoms with Crippen molar-refractivity contribution in [1.82, 2.24) is 14.5 Å². The molecule has 0 spiro atoms. The quantitative estimate of drug-likeness (QED) is 0.595. The van der Waals surface area contributed by atoms with Crippen molar-refractivity contribution in [2.24, 2.45) is 10.7 Å². The molecule has 1 aromatic heterocycles. The Bertz CT molecular complexity index is 1170. The van der Waals surface area contributed by atoms with Crippen LogP contribution in [0.4, 0.5) is 14.9 Å². The second kappa shape index (κ2) is 9.68. The summed E-state index contributed by atoms with van der Waals surface area (Å²) in [5.41, 5.74) is 9.97. The maximum Gasteiger partial charge on any atom is 0.314 e. The number of amides is 2. The number of anilines is 1. The van der Waals surface area contributed by atoms with E-state index in [1.807, 2.05) is 29.7 Å². The molecule has 8 heteroatoms. The molecule has 1 aliphatic rings. The van der Waals surface area contributed by atoms with Crippen molar-refractivity contribution in [1.29, 1.82) is 0 Å². The van der Waals surface area contributed by atoms with Crippen molar-refractivity contribution >= 4 is 24.5 Å². The highest BCUT2D eigenvalue weighted by atomic mass is 19.1. The third-order valence-corrected chi connectivity index (χ3v) is 5.87. The summed E-state index contributed by atoms with van der Waals surface area (Å²) in [5, 5.41) is 0. The number of hydrogen-bond donors (Lipinski definition) is 1. The molecule has 0 bridgehead atoms. The van der Waals surface area contributed by atoms with Crippen LogP contribution in [-0.2, 0) is 0 Å². The van der Waals surface area contributed by atoms with Gasteiger partial charge in [-0.1, -0.05) is 0 Å². The lowest BCUT2D eigenvalue weighted by Crippen LogP contribution is -2.38. The van der Waals surface area contributed by atoms with Crippen LogP contribution in [0.1, 0.15) is 17.8 Å². The molecule has 3 aromatic rings. The Morgan fingerprint density at radius 2 is 1.76 bits per heavy atom. The summed E-state index contributed by atoms with van der Waals surface area (Å²) in [6.45, 7) is 8.33. The largest absolute Gasteiger partial charge is 0.370 e. The molecule has 1 fully saturated rings. The van der Waals surface area contributed by atoms with Crippen molar-refractivity contribution in [3.05, 3.63) is 71.9 Å². The van der Waals surface area contributed by atoms with Gasteiger partial charge in [0.15, 0.2) is 0 Å². The van der Waals surface area contributed by atoms with Crippen LogP contribution in [-0.4, -0.2) is 53.4 Å². The Morgan fingerprint density at radius 3 is 2.42 bits per heavy atom. The SMILES string of the molecule is C=N/C=C\c1nc(-c2ccc(N3CCCN(C(N)=O)CC3)cc2)n(-c2ccc(F)cc2)c1C. The molecule has 33 heavy (non-hydrogen) atoms. The van der Waals surface area contributed by atoms with Crippen LogP contribution in [0, 0.1) is 12.7 Å². The number of nitrogens with two attached hydrogens (primary N) is 1. The average molecular weight is 447 g/mol. The fraction of sp³-hybridized carbons (Fsp3) is 0.240. The number of aromatic nitrogens is 2. The van der Waals surface area contributed by atoms with Gasteiger partial charge >= 0.3 is 6.03 Å². The summed E-state index contributed by atoms with van der Waals surface area (Å²) in [4.78, 5) is 24.1. The van der Waals surface area contributed by atoms with Crippen molar-refractivity contribution in [3.8, 4) is 17.1 Å². The van der Waals surface area contributed by atoms with E-state index in [0.29, 0.717) is 13.1 Å². The smallest absolute Gasteiger partial charge is 0.314 e. The molecule has 1 saturated heterocycles. The minimum absolute atomic E-state index is 0.286. The average Bonchev–Trinajstić information content (AvgIpc) is 2.98. The topological polar surface area (TPSA) is 79.8 Å². The van der Waals surface area contributed by atoms with Gasteiger partial charge in [-0.25, -0.2) is 14.2 Å². The highest BCUT2D eigenvalue weighted by molar-refractivity contribution is 5.72. The lowest BCUT2D eigenvalue weighted by atomic mass is 10.1. The molecule has 2 heterocycles. The first-order valence-electron chi connectivity index (χ1n) is 10.9. The number of carbonyl (C=O) groups excluding carboxylic acids is 1. The fourth-order valence-electron chi connectivity index (χ4n) is 4.12. The number of urea groups is 1. The van der Waals surface area contributed by atoms with E-state index < -0.39 is 0 Å². The van der Waals surface area contributed by atoms with E-state index in [-0.39, 0.29) is 11.8 Å². The molecule has 7 nitrogen and oxygen atoms in total. The monoisotopic (exact) mass is 446 g/mol. The minimum Gasteiger partial charge on any atom is -0.370 e. The second-order valence-electron chi connectivity index (χ2n) is 7.93. The number of carbonyl (C=O) groups is 1. The third kappa shape index (κ3) is 4.79. The van der Waals surface area contributed by atoms with Gasteiger partial charge in [0.1, 0.15) is 11.6 Å². The highest BCUT2D eigenvalue weighted by Crippen LogP contribution is 2.29. The molecule has 0 atom stereocenters. The third-order valence-electron chi connectivity index (χ3n) is 5.87.